The zero-order valence-electron chi connectivity index (χ0n) is 12.0. The van der Waals surface area contributed by atoms with Crippen LogP contribution in [0.25, 0.3) is 0 Å². The Morgan fingerprint density at radius 2 is 1.95 bits per heavy atom. The van der Waals surface area contributed by atoms with Gasteiger partial charge >= 0.3 is 6.03 Å². The van der Waals surface area contributed by atoms with Crippen LogP contribution in [0.2, 0.25) is 0 Å². The van der Waals surface area contributed by atoms with Crippen LogP contribution in [0.1, 0.15) is 39.5 Å². The number of imide groups is 1. The van der Waals surface area contributed by atoms with Crippen molar-refractivity contribution in [2.24, 2.45) is 5.73 Å². The first-order valence-corrected chi connectivity index (χ1v) is 6.95. The minimum atomic E-state index is -1.00. The van der Waals surface area contributed by atoms with Crippen LogP contribution < -0.4 is 16.4 Å². The van der Waals surface area contributed by atoms with E-state index in [1.807, 2.05) is 0 Å². The highest BCUT2D eigenvalue weighted by Crippen LogP contribution is 2.28. The Morgan fingerprint density at radius 1 is 1.35 bits per heavy atom. The van der Waals surface area contributed by atoms with Crippen molar-refractivity contribution in [3.63, 3.8) is 0 Å². The van der Waals surface area contributed by atoms with Crippen LogP contribution in [0.15, 0.2) is 0 Å². The van der Waals surface area contributed by atoms with Gasteiger partial charge in [0.05, 0.1) is 5.54 Å². The number of nitrogens with zero attached hydrogens (tertiary/aromatic N) is 1. The Bertz CT molecular complexity index is 441. The van der Waals surface area contributed by atoms with Gasteiger partial charge in [-0.2, -0.15) is 0 Å². The van der Waals surface area contributed by atoms with Gasteiger partial charge in [-0.15, -0.1) is 0 Å². The number of nitrogens with two attached hydrogens (primary N) is 1. The molecule has 0 aromatic carbocycles. The standard InChI is InChI=1S/C13H22N4O3/c1-12(2)10(19)15-11(20)17(12)7-9(18)16-13(8-14)5-3-4-6-13/h3-8,14H2,1-2H3,(H,16,18)(H,15,19,20). The quantitative estimate of drug-likeness (QED) is 0.616. The summed E-state index contributed by atoms with van der Waals surface area (Å²) < 4.78 is 0. The van der Waals surface area contributed by atoms with E-state index >= 15 is 0 Å². The SMILES string of the molecule is CC1(C)C(=O)NC(=O)N1CC(=O)NC1(CN)CCCC1. The van der Waals surface area contributed by atoms with Crippen molar-refractivity contribution in [1.82, 2.24) is 15.5 Å². The van der Waals surface area contributed by atoms with Crippen molar-refractivity contribution < 1.29 is 14.4 Å². The highest BCUT2D eigenvalue weighted by Gasteiger charge is 2.46. The van der Waals surface area contributed by atoms with E-state index in [-0.39, 0.29) is 23.9 Å². The molecule has 1 saturated carbocycles. The molecule has 0 bridgehead atoms. The zero-order chi connectivity index (χ0) is 15.0. The molecule has 0 radical (unpaired) electrons. The highest BCUT2D eigenvalue weighted by atomic mass is 16.2. The van der Waals surface area contributed by atoms with Gasteiger partial charge in [0.2, 0.25) is 5.91 Å². The number of urea groups is 1. The lowest BCUT2D eigenvalue weighted by atomic mass is 9.97. The van der Waals surface area contributed by atoms with Gasteiger partial charge in [0.1, 0.15) is 12.1 Å². The summed E-state index contributed by atoms with van der Waals surface area (Å²) in [7, 11) is 0. The van der Waals surface area contributed by atoms with E-state index in [0.29, 0.717) is 6.54 Å². The van der Waals surface area contributed by atoms with Gasteiger partial charge in [0.15, 0.2) is 0 Å². The average Bonchev–Trinajstić information content (AvgIpc) is 2.90. The van der Waals surface area contributed by atoms with E-state index in [1.54, 1.807) is 13.8 Å². The first-order valence-electron chi connectivity index (χ1n) is 6.95. The Kier molecular flexibility index (Phi) is 3.73. The third-order valence-corrected chi connectivity index (χ3v) is 4.35. The van der Waals surface area contributed by atoms with Gasteiger partial charge in [-0.3, -0.25) is 14.9 Å². The van der Waals surface area contributed by atoms with E-state index in [4.69, 9.17) is 5.73 Å². The molecule has 7 heteroatoms. The first-order chi connectivity index (χ1) is 9.31. The number of hydrogen-bond acceptors (Lipinski definition) is 4. The number of carbonyl (C=O) groups is 3. The topological polar surface area (TPSA) is 105 Å². The normalized spacial score (nSPS) is 23.9. The summed E-state index contributed by atoms with van der Waals surface area (Å²) in [4.78, 5) is 36.8. The maximum absolute atomic E-state index is 12.2. The molecule has 1 heterocycles. The van der Waals surface area contributed by atoms with Gasteiger partial charge in [-0.25, -0.2) is 4.79 Å². The predicted molar refractivity (Wildman–Crippen MR) is 72.7 cm³/mol. The van der Waals surface area contributed by atoms with Crippen LogP contribution in [0, 0.1) is 0 Å². The molecule has 1 aliphatic carbocycles. The minimum absolute atomic E-state index is 0.133. The molecule has 7 nitrogen and oxygen atoms in total. The Balaban J connectivity index is 2.01. The summed E-state index contributed by atoms with van der Waals surface area (Å²) in [5, 5.41) is 5.17. The second-order valence-corrected chi connectivity index (χ2v) is 6.14. The van der Waals surface area contributed by atoms with Gasteiger partial charge in [0.25, 0.3) is 5.91 Å². The number of nitrogens with one attached hydrogen (secondary N) is 2. The lowest BCUT2D eigenvalue weighted by Gasteiger charge is -2.32. The van der Waals surface area contributed by atoms with Crippen molar-refractivity contribution in [3.8, 4) is 0 Å². The Labute approximate surface area is 118 Å². The van der Waals surface area contributed by atoms with Crippen molar-refractivity contribution in [1.29, 1.82) is 0 Å². The fraction of sp³-hybridized carbons (Fsp3) is 0.769. The number of amides is 4. The molecule has 4 N–H and O–H groups in total. The second-order valence-electron chi connectivity index (χ2n) is 6.14. The number of hydrogen-bond donors (Lipinski definition) is 3. The van der Waals surface area contributed by atoms with Crippen LogP contribution in [0.5, 0.6) is 0 Å². The molecular weight excluding hydrogens is 260 g/mol. The fourth-order valence-corrected chi connectivity index (χ4v) is 2.87. The van der Waals surface area contributed by atoms with Crippen LogP contribution in [0.3, 0.4) is 0 Å². The largest absolute Gasteiger partial charge is 0.348 e. The van der Waals surface area contributed by atoms with Crippen LogP contribution in [-0.2, 0) is 9.59 Å². The maximum Gasteiger partial charge on any atom is 0.325 e. The Morgan fingerprint density at radius 3 is 2.40 bits per heavy atom. The van der Waals surface area contributed by atoms with Crippen molar-refractivity contribution in [2.45, 2.75) is 50.6 Å². The van der Waals surface area contributed by atoms with Gasteiger partial charge in [-0.05, 0) is 26.7 Å². The van der Waals surface area contributed by atoms with Crippen LogP contribution >= 0.6 is 0 Å². The van der Waals surface area contributed by atoms with E-state index < -0.39 is 11.6 Å². The van der Waals surface area contributed by atoms with Gasteiger partial charge in [-0.1, -0.05) is 12.8 Å². The second kappa shape index (κ2) is 5.05. The lowest BCUT2D eigenvalue weighted by molar-refractivity contribution is -0.127. The molecule has 0 spiro atoms. The smallest absolute Gasteiger partial charge is 0.325 e. The maximum atomic E-state index is 12.2. The van der Waals surface area contributed by atoms with Crippen molar-refractivity contribution in [3.05, 3.63) is 0 Å². The summed E-state index contributed by atoms with van der Waals surface area (Å²) in [6.07, 6.45) is 3.82. The van der Waals surface area contributed by atoms with E-state index in [1.165, 1.54) is 4.90 Å². The summed E-state index contributed by atoms with van der Waals surface area (Å²) in [5.41, 5.74) is 4.42. The van der Waals surface area contributed by atoms with Gasteiger partial charge in [0, 0.05) is 6.54 Å². The summed E-state index contributed by atoms with van der Waals surface area (Å²) in [5.74, 6) is -0.653. The first kappa shape index (κ1) is 14.8. The molecule has 0 unspecified atom stereocenters. The van der Waals surface area contributed by atoms with E-state index in [0.717, 1.165) is 25.7 Å². The van der Waals surface area contributed by atoms with Crippen molar-refractivity contribution >= 4 is 17.8 Å². The molecule has 0 atom stereocenters. The molecular formula is C13H22N4O3. The third kappa shape index (κ3) is 2.49. The van der Waals surface area contributed by atoms with Crippen molar-refractivity contribution in [2.75, 3.05) is 13.1 Å². The monoisotopic (exact) mass is 282 g/mol. The molecule has 0 aromatic rings. The van der Waals surface area contributed by atoms with E-state index in [2.05, 4.69) is 10.6 Å². The minimum Gasteiger partial charge on any atom is -0.348 e. The predicted octanol–water partition coefficient (Wildman–Crippen LogP) is -0.295. The molecule has 20 heavy (non-hydrogen) atoms. The third-order valence-electron chi connectivity index (χ3n) is 4.35. The fourth-order valence-electron chi connectivity index (χ4n) is 2.87. The molecule has 112 valence electrons. The molecule has 1 saturated heterocycles. The molecule has 4 amide bonds. The average molecular weight is 282 g/mol. The number of carbonyl (C=O) groups excluding carboxylic acids is 3. The van der Waals surface area contributed by atoms with Crippen LogP contribution in [0.4, 0.5) is 4.79 Å². The Hall–Kier alpha value is -1.63. The summed E-state index contributed by atoms with van der Waals surface area (Å²) in [6.45, 7) is 3.50. The lowest BCUT2D eigenvalue weighted by Crippen LogP contribution is -2.56. The summed E-state index contributed by atoms with van der Waals surface area (Å²) in [6, 6.07) is -0.525. The molecule has 0 aromatic heterocycles. The van der Waals surface area contributed by atoms with E-state index in [9.17, 15) is 14.4 Å². The molecule has 2 fully saturated rings. The summed E-state index contributed by atoms with van der Waals surface area (Å²) >= 11 is 0. The van der Waals surface area contributed by atoms with Gasteiger partial charge < -0.3 is 16.0 Å². The molecule has 1 aliphatic heterocycles. The molecule has 2 aliphatic rings. The van der Waals surface area contributed by atoms with Crippen LogP contribution in [-0.4, -0.2) is 46.9 Å². The molecule has 2 rings (SSSR count). The zero-order valence-corrected chi connectivity index (χ0v) is 12.0. The number of rotatable bonds is 4. The highest BCUT2D eigenvalue weighted by molar-refractivity contribution is 6.07.